The van der Waals surface area contributed by atoms with Gasteiger partial charge in [-0.25, -0.2) is 5.48 Å². The number of nitrogens with zero attached hydrogens (tertiary/aromatic N) is 1. The number of carbonyl (C=O) groups is 2. The molecule has 1 aliphatic rings. The van der Waals surface area contributed by atoms with Gasteiger partial charge in [0, 0.05) is 25.6 Å². The van der Waals surface area contributed by atoms with Crippen molar-refractivity contribution in [3.63, 3.8) is 0 Å². The third kappa shape index (κ3) is 5.87. The minimum absolute atomic E-state index is 0.0620. The molecule has 1 saturated heterocycles. The molecule has 2 N–H and O–H groups in total. The Hall–Kier alpha value is -2.14. The van der Waals surface area contributed by atoms with Gasteiger partial charge in [0.2, 0.25) is 11.8 Å². The van der Waals surface area contributed by atoms with E-state index in [1.54, 1.807) is 11.6 Å². The molecule has 0 unspecified atom stereocenters. The quantitative estimate of drug-likeness (QED) is 0.481. The molecule has 0 spiro atoms. The van der Waals surface area contributed by atoms with E-state index in [0.29, 0.717) is 12.3 Å². The summed E-state index contributed by atoms with van der Waals surface area (Å²) in [5.74, 6) is 0.291. The highest BCUT2D eigenvalue weighted by atomic mass is 16.5. The second-order valence-electron chi connectivity index (χ2n) is 5.94. The predicted molar refractivity (Wildman–Crippen MR) is 88.6 cm³/mol. The van der Waals surface area contributed by atoms with Crippen LogP contribution in [0.25, 0.3) is 6.08 Å². The van der Waals surface area contributed by atoms with Crippen molar-refractivity contribution in [3.05, 3.63) is 42.0 Å². The van der Waals surface area contributed by atoms with E-state index in [9.17, 15) is 9.59 Å². The lowest BCUT2D eigenvalue weighted by atomic mass is 9.91. The molecule has 1 aromatic carbocycles. The molecular formula is C18H24N2O3. The molecule has 1 aromatic rings. The molecule has 2 amide bonds. The average molecular weight is 316 g/mol. The van der Waals surface area contributed by atoms with Gasteiger partial charge in [-0.3, -0.25) is 14.8 Å². The second kappa shape index (κ2) is 9.10. The third-order valence-corrected chi connectivity index (χ3v) is 4.29. The first-order valence-electron chi connectivity index (χ1n) is 8.14. The molecule has 0 radical (unpaired) electrons. The molecule has 0 aromatic heterocycles. The summed E-state index contributed by atoms with van der Waals surface area (Å²) in [6.45, 7) is 1.55. The maximum absolute atomic E-state index is 12.2. The van der Waals surface area contributed by atoms with Crippen LogP contribution in [0.2, 0.25) is 0 Å². The first-order valence-corrected chi connectivity index (χ1v) is 8.14. The van der Waals surface area contributed by atoms with Crippen LogP contribution < -0.4 is 5.48 Å². The van der Waals surface area contributed by atoms with Gasteiger partial charge in [-0.1, -0.05) is 30.3 Å². The molecule has 2 rings (SSSR count). The fraction of sp³-hybridized carbons (Fsp3) is 0.444. The highest BCUT2D eigenvalue weighted by Crippen LogP contribution is 2.22. The summed E-state index contributed by atoms with van der Waals surface area (Å²) in [4.78, 5) is 25.0. The molecule has 0 atom stereocenters. The van der Waals surface area contributed by atoms with Crippen LogP contribution >= 0.6 is 0 Å². The summed E-state index contributed by atoms with van der Waals surface area (Å²) in [7, 11) is 0. The van der Waals surface area contributed by atoms with Crippen molar-refractivity contribution in [2.75, 3.05) is 13.1 Å². The highest BCUT2D eigenvalue weighted by molar-refractivity contribution is 5.91. The molecule has 23 heavy (non-hydrogen) atoms. The number of hydrogen-bond acceptors (Lipinski definition) is 3. The van der Waals surface area contributed by atoms with E-state index in [-0.39, 0.29) is 11.8 Å². The molecule has 1 fully saturated rings. The van der Waals surface area contributed by atoms with Crippen LogP contribution in [-0.4, -0.2) is 35.0 Å². The van der Waals surface area contributed by atoms with Crippen molar-refractivity contribution in [2.45, 2.75) is 32.1 Å². The van der Waals surface area contributed by atoms with Crippen molar-refractivity contribution < 1.29 is 14.8 Å². The lowest BCUT2D eigenvalue weighted by Gasteiger charge is -2.31. The van der Waals surface area contributed by atoms with E-state index < -0.39 is 0 Å². The fourth-order valence-corrected chi connectivity index (χ4v) is 2.89. The topological polar surface area (TPSA) is 69.6 Å². The van der Waals surface area contributed by atoms with Crippen LogP contribution in [-0.2, 0) is 9.59 Å². The maximum Gasteiger partial charge on any atom is 0.246 e. The van der Waals surface area contributed by atoms with E-state index in [0.717, 1.165) is 44.3 Å². The number of benzene rings is 1. The first-order chi connectivity index (χ1) is 11.2. The van der Waals surface area contributed by atoms with Gasteiger partial charge < -0.3 is 4.90 Å². The van der Waals surface area contributed by atoms with Crippen LogP contribution in [0.1, 0.15) is 37.7 Å². The number of piperidine rings is 1. The number of carbonyl (C=O) groups excluding carboxylic acids is 2. The molecule has 1 aliphatic heterocycles. The lowest BCUT2D eigenvalue weighted by molar-refractivity contribution is -0.129. The Kier molecular flexibility index (Phi) is 6.81. The van der Waals surface area contributed by atoms with E-state index >= 15 is 0 Å². The molecule has 124 valence electrons. The smallest absolute Gasteiger partial charge is 0.246 e. The largest absolute Gasteiger partial charge is 0.339 e. The van der Waals surface area contributed by atoms with Crippen LogP contribution in [0.5, 0.6) is 0 Å². The van der Waals surface area contributed by atoms with Gasteiger partial charge >= 0.3 is 0 Å². The minimum atomic E-state index is -0.330. The van der Waals surface area contributed by atoms with Crippen molar-refractivity contribution in [2.24, 2.45) is 5.92 Å². The molecule has 1 heterocycles. The summed E-state index contributed by atoms with van der Waals surface area (Å²) in [5, 5.41) is 8.45. The van der Waals surface area contributed by atoms with E-state index in [1.165, 1.54) is 0 Å². The Labute approximate surface area is 136 Å². The van der Waals surface area contributed by atoms with Gasteiger partial charge in [-0.15, -0.1) is 0 Å². The first kappa shape index (κ1) is 17.2. The summed E-state index contributed by atoms with van der Waals surface area (Å²) in [5.41, 5.74) is 2.68. The SMILES string of the molecule is O=C(CCCC1CCN(C(=O)C=Cc2ccccc2)CC1)NO. The zero-order valence-electron chi connectivity index (χ0n) is 13.3. The number of amides is 2. The number of nitrogens with one attached hydrogen (secondary N) is 1. The van der Waals surface area contributed by atoms with E-state index in [2.05, 4.69) is 0 Å². The number of hydroxylamine groups is 1. The van der Waals surface area contributed by atoms with Crippen molar-refractivity contribution in [1.29, 1.82) is 0 Å². The van der Waals surface area contributed by atoms with Crippen LogP contribution in [0.3, 0.4) is 0 Å². The molecule has 5 heteroatoms. The Bertz CT molecular complexity index is 534. The van der Waals surface area contributed by atoms with Crippen molar-refractivity contribution in [1.82, 2.24) is 10.4 Å². The predicted octanol–water partition coefficient (Wildman–Crippen LogP) is 2.61. The third-order valence-electron chi connectivity index (χ3n) is 4.29. The summed E-state index contributed by atoms with van der Waals surface area (Å²) in [6.07, 6.45) is 7.55. The molecule has 0 saturated carbocycles. The highest BCUT2D eigenvalue weighted by Gasteiger charge is 2.21. The number of hydrogen-bond donors (Lipinski definition) is 2. The van der Waals surface area contributed by atoms with Crippen molar-refractivity contribution in [3.8, 4) is 0 Å². The van der Waals surface area contributed by atoms with E-state index in [4.69, 9.17) is 5.21 Å². The number of likely N-dealkylation sites (tertiary alicyclic amines) is 1. The van der Waals surface area contributed by atoms with Gasteiger partial charge in [0.1, 0.15) is 0 Å². The Morgan fingerprint density at radius 1 is 1.22 bits per heavy atom. The Morgan fingerprint density at radius 2 is 1.91 bits per heavy atom. The van der Waals surface area contributed by atoms with E-state index in [1.807, 2.05) is 41.3 Å². The van der Waals surface area contributed by atoms with Crippen LogP contribution in [0, 0.1) is 5.92 Å². The Morgan fingerprint density at radius 3 is 2.57 bits per heavy atom. The number of rotatable bonds is 6. The van der Waals surface area contributed by atoms with Gasteiger partial charge in [0.15, 0.2) is 0 Å². The standard InChI is InChI=1S/C18H24N2O3/c21-17(19-23)8-4-7-16-11-13-20(14-12-16)18(22)10-9-15-5-2-1-3-6-15/h1-3,5-6,9-10,16,23H,4,7-8,11-14H2,(H,19,21). The summed E-state index contributed by atoms with van der Waals surface area (Å²) in [6, 6.07) is 9.80. The van der Waals surface area contributed by atoms with Gasteiger partial charge in [0.25, 0.3) is 0 Å². The van der Waals surface area contributed by atoms with Gasteiger partial charge in [-0.05, 0) is 43.2 Å². The van der Waals surface area contributed by atoms with Crippen LogP contribution in [0.4, 0.5) is 0 Å². The lowest BCUT2D eigenvalue weighted by Crippen LogP contribution is -2.37. The van der Waals surface area contributed by atoms with Gasteiger partial charge in [0.05, 0.1) is 0 Å². The maximum atomic E-state index is 12.2. The monoisotopic (exact) mass is 316 g/mol. The van der Waals surface area contributed by atoms with Crippen molar-refractivity contribution >= 4 is 17.9 Å². The average Bonchev–Trinajstić information content (AvgIpc) is 2.61. The Balaban J connectivity index is 1.70. The molecule has 0 bridgehead atoms. The zero-order valence-corrected chi connectivity index (χ0v) is 13.3. The van der Waals surface area contributed by atoms with Crippen LogP contribution in [0.15, 0.2) is 36.4 Å². The molecule has 0 aliphatic carbocycles. The summed E-state index contributed by atoms with van der Waals surface area (Å²) >= 11 is 0. The summed E-state index contributed by atoms with van der Waals surface area (Å²) < 4.78 is 0. The normalized spacial score (nSPS) is 15.8. The fourth-order valence-electron chi connectivity index (χ4n) is 2.89. The minimum Gasteiger partial charge on any atom is -0.339 e. The molecule has 5 nitrogen and oxygen atoms in total. The van der Waals surface area contributed by atoms with Gasteiger partial charge in [-0.2, -0.15) is 0 Å². The molecular weight excluding hydrogens is 292 g/mol. The second-order valence-corrected chi connectivity index (χ2v) is 5.94. The zero-order chi connectivity index (χ0) is 16.5.